The molecule has 0 aromatic rings. The molecule has 1 rings (SSSR count). The molecule has 0 radical (unpaired) electrons. The summed E-state index contributed by atoms with van der Waals surface area (Å²) in [5, 5.41) is 1.49. The van der Waals surface area contributed by atoms with Crippen LogP contribution in [0.3, 0.4) is 0 Å². The molecular formula is C11H24N2S. The minimum atomic E-state index is 0.212. The summed E-state index contributed by atoms with van der Waals surface area (Å²) >= 11 is 2.10. The van der Waals surface area contributed by atoms with E-state index in [1.54, 1.807) is 0 Å². The van der Waals surface area contributed by atoms with Gasteiger partial charge in [-0.05, 0) is 13.3 Å². The zero-order valence-electron chi connectivity index (χ0n) is 9.92. The van der Waals surface area contributed by atoms with Crippen molar-refractivity contribution in [1.29, 1.82) is 0 Å². The Morgan fingerprint density at radius 2 is 1.86 bits per heavy atom. The average molecular weight is 216 g/mol. The number of nitrogens with zero attached hydrogens (tertiary/aromatic N) is 1. The highest BCUT2D eigenvalue weighted by atomic mass is 32.2. The van der Waals surface area contributed by atoms with Crippen LogP contribution in [0.2, 0.25) is 0 Å². The number of rotatable bonds is 3. The average Bonchev–Trinajstić information content (AvgIpc) is 2.15. The standard InChI is InChI=1S/C11H24N2S/c1-5-11(4,8-12)13-6-9(2)14-10(3)7-13/h9-10H,5-8,12H2,1-4H3. The zero-order chi connectivity index (χ0) is 10.8. The number of nitrogens with two attached hydrogens (primary N) is 1. The van der Waals surface area contributed by atoms with Gasteiger partial charge in [-0.1, -0.05) is 20.8 Å². The monoisotopic (exact) mass is 216 g/mol. The highest BCUT2D eigenvalue weighted by Gasteiger charge is 2.33. The summed E-state index contributed by atoms with van der Waals surface area (Å²) in [4.78, 5) is 2.58. The molecule has 1 heterocycles. The number of hydrogen-bond donors (Lipinski definition) is 1. The second-order valence-corrected chi connectivity index (χ2v) is 6.60. The molecule has 0 aromatic heterocycles. The molecule has 0 saturated carbocycles. The van der Waals surface area contributed by atoms with Crippen molar-refractivity contribution in [2.75, 3.05) is 19.6 Å². The van der Waals surface area contributed by atoms with Crippen LogP contribution in [0.25, 0.3) is 0 Å². The topological polar surface area (TPSA) is 29.3 Å². The van der Waals surface area contributed by atoms with Crippen molar-refractivity contribution in [3.8, 4) is 0 Å². The quantitative estimate of drug-likeness (QED) is 0.782. The SMILES string of the molecule is CCC(C)(CN)N1CC(C)SC(C)C1. The summed E-state index contributed by atoms with van der Waals surface area (Å²) in [6, 6.07) is 0. The van der Waals surface area contributed by atoms with Gasteiger partial charge in [0.25, 0.3) is 0 Å². The molecule has 1 aliphatic heterocycles. The Labute approximate surface area is 92.6 Å². The Morgan fingerprint density at radius 1 is 1.36 bits per heavy atom. The maximum Gasteiger partial charge on any atom is 0.0301 e. The lowest BCUT2D eigenvalue weighted by Crippen LogP contribution is -2.56. The van der Waals surface area contributed by atoms with Crippen LogP contribution in [0, 0.1) is 0 Å². The van der Waals surface area contributed by atoms with Crippen molar-refractivity contribution in [3.05, 3.63) is 0 Å². The maximum atomic E-state index is 5.89. The Kier molecular flexibility index (Phi) is 4.29. The fraction of sp³-hybridized carbons (Fsp3) is 1.00. The largest absolute Gasteiger partial charge is 0.329 e. The van der Waals surface area contributed by atoms with Gasteiger partial charge in [0, 0.05) is 35.7 Å². The molecule has 3 unspecified atom stereocenters. The van der Waals surface area contributed by atoms with Gasteiger partial charge < -0.3 is 5.73 Å². The summed E-state index contributed by atoms with van der Waals surface area (Å²) < 4.78 is 0. The Balaban J connectivity index is 2.66. The van der Waals surface area contributed by atoms with Crippen molar-refractivity contribution in [3.63, 3.8) is 0 Å². The molecule has 3 heteroatoms. The lowest BCUT2D eigenvalue weighted by molar-refractivity contribution is 0.104. The third-order valence-electron chi connectivity index (χ3n) is 3.38. The Bertz CT molecular complexity index is 170. The van der Waals surface area contributed by atoms with Crippen LogP contribution in [0.5, 0.6) is 0 Å². The lowest BCUT2D eigenvalue weighted by atomic mass is 9.95. The smallest absolute Gasteiger partial charge is 0.0301 e. The van der Waals surface area contributed by atoms with Crippen molar-refractivity contribution in [1.82, 2.24) is 4.90 Å². The van der Waals surface area contributed by atoms with Gasteiger partial charge in [-0.2, -0.15) is 11.8 Å². The molecule has 0 amide bonds. The highest BCUT2D eigenvalue weighted by Crippen LogP contribution is 2.30. The van der Waals surface area contributed by atoms with E-state index in [0.29, 0.717) is 0 Å². The molecule has 2 N–H and O–H groups in total. The van der Waals surface area contributed by atoms with E-state index < -0.39 is 0 Å². The summed E-state index contributed by atoms with van der Waals surface area (Å²) in [5.74, 6) is 0. The second kappa shape index (κ2) is 4.86. The summed E-state index contributed by atoms with van der Waals surface area (Å²) in [7, 11) is 0. The van der Waals surface area contributed by atoms with E-state index in [0.717, 1.165) is 23.5 Å². The van der Waals surface area contributed by atoms with Crippen LogP contribution >= 0.6 is 11.8 Å². The molecule has 1 fully saturated rings. The maximum absolute atomic E-state index is 5.89. The normalized spacial score (nSPS) is 34.1. The highest BCUT2D eigenvalue weighted by molar-refractivity contribution is 8.00. The van der Waals surface area contributed by atoms with Crippen molar-refractivity contribution in [2.24, 2.45) is 5.73 Å². The molecular weight excluding hydrogens is 192 g/mol. The molecule has 0 bridgehead atoms. The third-order valence-corrected chi connectivity index (χ3v) is 4.61. The predicted molar refractivity (Wildman–Crippen MR) is 65.8 cm³/mol. The zero-order valence-corrected chi connectivity index (χ0v) is 10.7. The number of hydrogen-bond acceptors (Lipinski definition) is 3. The van der Waals surface area contributed by atoms with Gasteiger partial charge in [0.1, 0.15) is 0 Å². The molecule has 0 aliphatic carbocycles. The molecule has 0 aromatic carbocycles. The molecule has 0 spiro atoms. The van der Waals surface area contributed by atoms with Gasteiger partial charge in [-0.25, -0.2) is 0 Å². The summed E-state index contributed by atoms with van der Waals surface area (Å²) in [6.45, 7) is 12.3. The van der Waals surface area contributed by atoms with Gasteiger partial charge in [0.2, 0.25) is 0 Å². The first-order valence-corrected chi connectivity index (χ1v) is 6.56. The van der Waals surface area contributed by atoms with E-state index in [4.69, 9.17) is 5.73 Å². The van der Waals surface area contributed by atoms with Crippen LogP contribution in [0.15, 0.2) is 0 Å². The van der Waals surface area contributed by atoms with Crippen molar-refractivity contribution >= 4 is 11.8 Å². The Hall–Kier alpha value is 0.270. The van der Waals surface area contributed by atoms with Crippen molar-refractivity contribution in [2.45, 2.75) is 50.2 Å². The van der Waals surface area contributed by atoms with Crippen LogP contribution in [0.4, 0.5) is 0 Å². The first-order chi connectivity index (χ1) is 6.51. The minimum Gasteiger partial charge on any atom is -0.329 e. The van der Waals surface area contributed by atoms with Gasteiger partial charge >= 0.3 is 0 Å². The van der Waals surface area contributed by atoms with Crippen molar-refractivity contribution < 1.29 is 0 Å². The Morgan fingerprint density at radius 3 is 2.21 bits per heavy atom. The molecule has 2 nitrogen and oxygen atoms in total. The second-order valence-electron chi connectivity index (χ2n) is 4.72. The molecule has 1 aliphatic rings. The predicted octanol–water partition coefficient (Wildman–Crippen LogP) is 1.94. The summed E-state index contributed by atoms with van der Waals surface area (Å²) in [6.07, 6.45) is 1.15. The van der Waals surface area contributed by atoms with Crippen LogP contribution in [-0.4, -0.2) is 40.6 Å². The third kappa shape index (κ3) is 2.65. The van der Waals surface area contributed by atoms with Gasteiger partial charge in [0.15, 0.2) is 0 Å². The van der Waals surface area contributed by atoms with E-state index in [1.807, 2.05) is 0 Å². The van der Waals surface area contributed by atoms with E-state index in [-0.39, 0.29) is 5.54 Å². The first-order valence-electron chi connectivity index (χ1n) is 5.62. The molecule has 84 valence electrons. The summed E-state index contributed by atoms with van der Waals surface area (Å²) in [5.41, 5.74) is 6.10. The van der Waals surface area contributed by atoms with E-state index >= 15 is 0 Å². The van der Waals surface area contributed by atoms with Crippen LogP contribution in [-0.2, 0) is 0 Å². The molecule has 14 heavy (non-hydrogen) atoms. The molecule has 1 saturated heterocycles. The van der Waals surface area contributed by atoms with Crippen LogP contribution in [0.1, 0.15) is 34.1 Å². The van der Waals surface area contributed by atoms with E-state index in [2.05, 4.69) is 44.4 Å². The minimum absolute atomic E-state index is 0.212. The molecule has 3 atom stereocenters. The van der Waals surface area contributed by atoms with E-state index in [1.165, 1.54) is 13.1 Å². The number of thioether (sulfide) groups is 1. The van der Waals surface area contributed by atoms with Gasteiger partial charge in [0.05, 0.1) is 0 Å². The fourth-order valence-corrected chi connectivity index (χ4v) is 3.44. The van der Waals surface area contributed by atoms with Gasteiger partial charge in [-0.3, -0.25) is 4.90 Å². The first kappa shape index (κ1) is 12.3. The van der Waals surface area contributed by atoms with Gasteiger partial charge in [-0.15, -0.1) is 0 Å². The van der Waals surface area contributed by atoms with Crippen LogP contribution < -0.4 is 5.73 Å². The van der Waals surface area contributed by atoms with E-state index in [9.17, 15) is 0 Å². The fourth-order valence-electron chi connectivity index (χ4n) is 2.12. The lowest BCUT2D eigenvalue weighted by Gasteiger charge is -2.46.